The monoisotopic (exact) mass is 481 g/mol. The summed E-state index contributed by atoms with van der Waals surface area (Å²) in [6.45, 7) is 5.33. The zero-order chi connectivity index (χ0) is 22.8. The molecule has 33 heavy (non-hydrogen) atoms. The Hall–Kier alpha value is -3.04. The molecule has 1 saturated heterocycles. The van der Waals surface area contributed by atoms with Crippen LogP contribution in [-0.2, 0) is 11.3 Å². The number of hydrogen-bond donors (Lipinski definition) is 0. The van der Waals surface area contributed by atoms with Gasteiger partial charge in [0, 0.05) is 36.7 Å². The Labute approximate surface area is 199 Å². The molecular formula is C24H25N4O3S2+. The van der Waals surface area contributed by atoms with Gasteiger partial charge in [-0.2, -0.15) is 4.57 Å². The Kier molecular flexibility index (Phi) is 6.24. The van der Waals surface area contributed by atoms with Crippen molar-refractivity contribution in [3.05, 3.63) is 75.8 Å². The number of benzene rings is 1. The predicted molar refractivity (Wildman–Crippen MR) is 131 cm³/mol. The molecule has 4 aromatic rings. The number of fused-ring (bicyclic) bond motifs is 1. The summed E-state index contributed by atoms with van der Waals surface area (Å²) in [4.78, 5) is 35.7. The molecule has 7 nitrogen and oxygen atoms in total. The van der Waals surface area contributed by atoms with Crippen LogP contribution in [0.2, 0.25) is 0 Å². The van der Waals surface area contributed by atoms with Gasteiger partial charge in [-0.05, 0) is 49.0 Å². The summed E-state index contributed by atoms with van der Waals surface area (Å²) >= 11 is 2.92. The highest BCUT2D eigenvalue weighted by Gasteiger charge is 2.25. The number of rotatable bonds is 6. The average Bonchev–Trinajstić information content (AvgIpc) is 3.49. The number of carbonyl (C=O) groups is 1. The Morgan fingerprint density at radius 3 is 2.64 bits per heavy atom. The van der Waals surface area contributed by atoms with E-state index in [-0.39, 0.29) is 17.2 Å². The third kappa shape index (κ3) is 4.69. The summed E-state index contributed by atoms with van der Waals surface area (Å²) in [5.41, 5.74) is 1.12. The van der Waals surface area contributed by atoms with Crippen molar-refractivity contribution >= 4 is 44.9 Å². The first-order valence-electron chi connectivity index (χ1n) is 10.9. The zero-order valence-electron chi connectivity index (χ0n) is 18.3. The second-order valence-electron chi connectivity index (χ2n) is 7.99. The number of thiophene rings is 1. The van der Waals surface area contributed by atoms with Gasteiger partial charge in [0.05, 0.1) is 12.0 Å². The average molecular weight is 482 g/mol. The summed E-state index contributed by atoms with van der Waals surface area (Å²) in [6, 6.07) is 15.8. The summed E-state index contributed by atoms with van der Waals surface area (Å²) < 4.78 is 7.14. The minimum atomic E-state index is -0.0732. The van der Waals surface area contributed by atoms with Crippen molar-refractivity contribution in [3.63, 3.8) is 0 Å². The summed E-state index contributed by atoms with van der Waals surface area (Å²) in [7, 11) is 0. The smallest absolute Gasteiger partial charge is 0.347 e. The molecule has 0 saturated carbocycles. The van der Waals surface area contributed by atoms with Crippen LogP contribution in [0.15, 0.2) is 69.2 Å². The van der Waals surface area contributed by atoms with Crippen LogP contribution in [0.25, 0.3) is 10.2 Å². The number of carbonyl (C=O) groups excluding carboxylic acids is 1. The van der Waals surface area contributed by atoms with Crippen LogP contribution < -0.4 is 15.4 Å². The molecule has 0 radical (unpaired) electrons. The number of hydrogen-bond acceptors (Lipinski definition) is 6. The molecule has 0 aliphatic carbocycles. The molecule has 0 spiro atoms. The van der Waals surface area contributed by atoms with Crippen LogP contribution in [0, 0.1) is 6.92 Å². The highest BCUT2D eigenvalue weighted by Crippen LogP contribution is 2.22. The van der Waals surface area contributed by atoms with E-state index in [9.17, 15) is 9.59 Å². The summed E-state index contributed by atoms with van der Waals surface area (Å²) in [5.74, 6) is 1.05. The molecule has 1 aliphatic heterocycles. The van der Waals surface area contributed by atoms with Gasteiger partial charge in [-0.15, -0.1) is 0 Å². The third-order valence-electron chi connectivity index (χ3n) is 5.78. The lowest BCUT2D eigenvalue weighted by Crippen LogP contribution is -2.49. The number of nitrogens with one attached hydrogen (secondary N) is 1. The van der Waals surface area contributed by atoms with E-state index < -0.39 is 0 Å². The molecule has 0 atom stereocenters. The minimum Gasteiger partial charge on any atom is -0.465 e. The van der Waals surface area contributed by atoms with Crippen LogP contribution in [0.4, 0.5) is 5.69 Å². The lowest BCUT2D eigenvalue weighted by Gasteiger charge is -2.36. The van der Waals surface area contributed by atoms with Crippen molar-refractivity contribution in [3.8, 4) is 0 Å². The molecule has 1 amide bonds. The molecule has 170 valence electrons. The van der Waals surface area contributed by atoms with Crippen LogP contribution in [0.1, 0.15) is 10.6 Å². The van der Waals surface area contributed by atoms with Gasteiger partial charge in [-0.3, -0.25) is 4.79 Å². The van der Waals surface area contributed by atoms with Crippen LogP contribution in [-0.4, -0.2) is 47.3 Å². The summed E-state index contributed by atoms with van der Waals surface area (Å²) in [5, 5.41) is 1.33. The SMILES string of the molecule is Cc1cc2c(=O)n(Cc3ccco3)c(SCC(=O)N3CCN(c4ccccc4)CC3)[nH+]c2s1. The number of thioether (sulfide) groups is 1. The Morgan fingerprint density at radius 1 is 1.12 bits per heavy atom. The molecule has 0 unspecified atom stereocenters. The highest BCUT2D eigenvalue weighted by molar-refractivity contribution is 7.99. The van der Waals surface area contributed by atoms with E-state index in [0.717, 1.165) is 22.8 Å². The van der Waals surface area contributed by atoms with E-state index in [0.29, 0.717) is 35.9 Å². The molecule has 1 aromatic carbocycles. The van der Waals surface area contributed by atoms with Gasteiger partial charge < -0.3 is 14.2 Å². The first kappa shape index (κ1) is 21.8. The molecule has 1 N–H and O–H groups in total. The fraction of sp³-hybridized carbons (Fsp3) is 0.292. The van der Waals surface area contributed by atoms with Gasteiger partial charge in [-0.25, -0.2) is 9.78 Å². The van der Waals surface area contributed by atoms with Gasteiger partial charge in [0.1, 0.15) is 11.1 Å². The number of furan rings is 1. The molecule has 0 bridgehead atoms. The minimum absolute atomic E-state index is 0.0732. The predicted octanol–water partition coefficient (Wildman–Crippen LogP) is 3.27. The second-order valence-corrected chi connectivity index (χ2v) is 10.2. The van der Waals surface area contributed by atoms with Gasteiger partial charge in [0.2, 0.25) is 5.91 Å². The van der Waals surface area contributed by atoms with Crippen molar-refractivity contribution in [1.82, 2.24) is 9.47 Å². The number of amides is 1. The lowest BCUT2D eigenvalue weighted by molar-refractivity contribution is -0.404. The fourth-order valence-corrected chi connectivity index (χ4v) is 5.95. The quantitative estimate of drug-likeness (QED) is 0.312. The van der Waals surface area contributed by atoms with Crippen LogP contribution in [0.5, 0.6) is 0 Å². The maximum Gasteiger partial charge on any atom is 0.347 e. The first-order valence-corrected chi connectivity index (χ1v) is 12.7. The lowest BCUT2D eigenvalue weighted by atomic mass is 10.2. The van der Waals surface area contributed by atoms with E-state index in [1.165, 1.54) is 17.4 Å². The number of piperazine rings is 1. The van der Waals surface area contributed by atoms with Gasteiger partial charge >= 0.3 is 10.7 Å². The molecule has 5 rings (SSSR count). The number of H-pyrrole nitrogens is 1. The van der Waals surface area contributed by atoms with Crippen molar-refractivity contribution in [2.24, 2.45) is 0 Å². The fourth-order valence-electron chi connectivity index (χ4n) is 4.06. The Bertz CT molecular complexity index is 1310. The van der Waals surface area contributed by atoms with E-state index in [1.807, 2.05) is 48.2 Å². The number of aromatic amines is 1. The Balaban J connectivity index is 1.30. The molecule has 9 heteroatoms. The molecule has 1 aliphatic rings. The molecule has 4 heterocycles. The van der Waals surface area contributed by atoms with Crippen molar-refractivity contribution in [1.29, 1.82) is 0 Å². The maximum atomic E-state index is 13.2. The van der Waals surface area contributed by atoms with Gasteiger partial charge in [-0.1, -0.05) is 29.5 Å². The van der Waals surface area contributed by atoms with Crippen molar-refractivity contribution < 1.29 is 14.2 Å². The topological polar surface area (TPSA) is 72.8 Å². The number of aromatic nitrogens is 2. The van der Waals surface area contributed by atoms with Gasteiger partial charge in [0.15, 0.2) is 11.4 Å². The first-order chi connectivity index (χ1) is 16.1. The van der Waals surface area contributed by atoms with Crippen molar-refractivity contribution in [2.45, 2.75) is 18.6 Å². The molecule has 1 fully saturated rings. The highest BCUT2D eigenvalue weighted by atomic mass is 32.2. The van der Waals surface area contributed by atoms with Crippen molar-refractivity contribution in [2.75, 3.05) is 36.8 Å². The third-order valence-corrected chi connectivity index (χ3v) is 7.73. The standard InChI is InChI=1S/C24H24N4O3S2/c1-17-14-20-22(33-17)25-24(28(23(20)30)15-19-8-5-13-31-19)32-16-21(29)27-11-9-26(10-12-27)18-6-3-2-4-7-18/h2-8,13-14H,9-12,15-16H2,1H3/p+1. The van der Waals surface area contributed by atoms with Gasteiger partial charge in [0.25, 0.3) is 0 Å². The summed E-state index contributed by atoms with van der Waals surface area (Å²) in [6.07, 6.45) is 1.60. The van der Waals surface area contributed by atoms with E-state index in [2.05, 4.69) is 22.0 Å². The second kappa shape index (κ2) is 9.44. The van der Waals surface area contributed by atoms with Crippen LogP contribution >= 0.6 is 23.1 Å². The van der Waals surface area contributed by atoms with E-state index in [4.69, 9.17) is 4.42 Å². The number of para-hydroxylation sites is 1. The maximum absolute atomic E-state index is 13.2. The zero-order valence-corrected chi connectivity index (χ0v) is 20.0. The largest absolute Gasteiger partial charge is 0.465 e. The number of anilines is 1. The Morgan fingerprint density at radius 2 is 1.91 bits per heavy atom. The van der Waals surface area contributed by atoms with E-state index in [1.54, 1.807) is 22.2 Å². The van der Waals surface area contributed by atoms with Crippen LogP contribution in [0.3, 0.4) is 0 Å². The molecule has 3 aromatic heterocycles. The number of aryl methyl sites for hydroxylation is 1. The van der Waals surface area contributed by atoms with E-state index >= 15 is 0 Å². The number of nitrogens with zero attached hydrogens (tertiary/aromatic N) is 3. The normalized spacial score (nSPS) is 14.2. The molecular weight excluding hydrogens is 456 g/mol.